The van der Waals surface area contributed by atoms with Gasteiger partial charge in [0.15, 0.2) is 0 Å². The summed E-state index contributed by atoms with van der Waals surface area (Å²) in [6, 6.07) is 20.4. The third-order valence-electron chi connectivity index (χ3n) is 15.0. The Morgan fingerprint density at radius 3 is 0.682 bits per heavy atom. The molecule has 0 spiro atoms. The maximum absolute atomic E-state index is 2.92. The maximum Gasteiger partial charge on any atom is 0.214 e. The normalized spacial score (nSPS) is 46.2. The van der Waals surface area contributed by atoms with Gasteiger partial charge in [0.05, 0.1) is 105 Å². The van der Waals surface area contributed by atoms with E-state index in [2.05, 4.69) is 68.1 Å². The maximum atomic E-state index is 2.92. The first-order chi connectivity index (χ1) is 21.6. The van der Waals surface area contributed by atoms with E-state index in [1.807, 2.05) is 0 Å². The Kier molecular flexibility index (Phi) is 5.32. The van der Waals surface area contributed by atoms with Crippen LogP contribution in [0.3, 0.4) is 0 Å². The predicted octanol–water partition coefficient (Wildman–Crippen LogP) is 1.29. The summed E-state index contributed by atoms with van der Waals surface area (Å²) in [7, 11) is 0. The van der Waals surface area contributed by atoms with Gasteiger partial charge in [0.25, 0.3) is 0 Å². The highest BCUT2D eigenvalue weighted by Crippen LogP contribution is 2.47. The highest BCUT2D eigenvalue weighted by Gasteiger charge is 2.68. The molecule has 0 aromatic heterocycles. The largest absolute Gasteiger partial charge is 0.296 e. The zero-order chi connectivity index (χ0) is 28.7. The second-order valence-electron chi connectivity index (χ2n) is 16.7. The molecule has 0 radical (unpaired) electrons. The number of rotatable bonds is 0. The first kappa shape index (κ1) is 26.2. The van der Waals surface area contributed by atoms with Gasteiger partial charge in [-0.1, -0.05) is 48.5 Å². The van der Waals surface area contributed by atoms with Crippen molar-refractivity contribution in [2.24, 2.45) is 0 Å². The summed E-state index contributed by atoms with van der Waals surface area (Å²) < 4.78 is 5.20. The second kappa shape index (κ2) is 8.92. The fourth-order valence-electron chi connectivity index (χ4n) is 12.9. The first-order valence-electron chi connectivity index (χ1n) is 18.1. The Morgan fingerprint density at radius 1 is 0.318 bits per heavy atom. The molecule has 44 heavy (non-hydrogen) atoms. The van der Waals surface area contributed by atoms with Gasteiger partial charge in [0, 0.05) is 22.3 Å². The van der Waals surface area contributed by atoms with Crippen LogP contribution in [0.15, 0.2) is 48.5 Å². The summed E-state index contributed by atoms with van der Waals surface area (Å²) in [5, 5.41) is 0. The Balaban J connectivity index is 1.03. The standard InChI is InChI=1S/C36H52N8/c1-2-30-4-3-29(1)25-41-17-9-37-15-23-43(19-11-38(13-21-41)34(43)33(37)41)27-31-5-7-32(8-6-31)28-44-20-12-40-14-22-42(26-30)18-10-39(16-24-44)35(42)36(40)44/h1-8,33-36H,9-28H2/q+4. The van der Waals surface area contributed by atoms with Gasteiger partial charge in [-0.2, -0.15) is 0 Å². The van der Waals surface area contributed by atoms with Crippen molar-refractivity contribution in [1.29, 1.82) is 0 Å². The molecule has 0 aliphatic carbocycles. The fourth-order valence-corrected chi connectivity index (χ4v) is 12.9. The van der Waals surface area contributed by atoms with Crippen molar-refractivity contribution >= 4 is 0 Å². The third-order valence-corrected chi connectivity index (χ3v) is 15.0. The van der Waals surface area contributed by atoms with Gasteiger partial charge in [0.2, 0.25) is 24.7 Å². The van der Waals surface area contributed by atoms with Crippen molar-refractivity contribution in [1.82, 2.24) is 19.6 Å². The molecule has 2 aromatic rings. The molecule has 232 valence electrons. The van der Waals surface area contributed by atoms with Crippen molar-refractivity contribution in [2.45, 2.75) is 50.8 Å². The molecular formula is C36H52N8+4. The third kappa shape index (κ3) is 3.41. The quantitative estimate of drug-likeness (QED) is 0.425. The molecule has 12 aliphatic heterocycles. The number of quaternary nitrogens is 4. The van der Waals surface area contributed by atoms with Crippen molar-refractivity contribution in [3.8, 4) is 0 Å². The minimum Gasteiger partial charge on any atom is -0.296 e. The van der Waals surface area contributed by atoms with Crippen molar-refractivity contribution in [2.75, 3.05) is 105 Å². The first-order valence-corrected chi connectivity index (χ1v) is 18.1. The Labute approximate surface area is 263 Å². The Hall–Kier alpha value is -1.88. The summed E-state index contributed by atoms with van der Waals surface area (Å²) in [5.41, 5.74) is 6.31. The van der Waals surface area contributed by atoms with Gasteiger partial charge in [-0.3, -0.25) is 17.9 Å². The zero-order valence-electron chi connectivity index (χ0n) is 26.6. The minimum absolute atomic E-state index is 0.657. The molecule has 4 atom stereocenters. The van der Waals surface area contributed by atoms with E-state index in [-0.39, 0.29) is 0 Å². The number of hydrogen-bond acceptors (Lipinski definition) is 4. The van der Waals surface area contributed by atoms with Crippen LogP contribution in [0.4, 0.5) is 0 Å². The Bertz CT molecular complexity index is 1260. The number of nitrogens with zero attached hydrogens (tertiary/aromatic N) is 8. The molecule has 8 nitrogen and oxygen atoms in total. The summed E-state index contributed by atoms with van der Waals surface area (Å²) in [5.74, 6) is 0. The van der Waals surface area contributed by atoms with Crippen LogP contribution in [0.1, 0.15) is 22.3 Å². The molecule has 0 saturated carbocycles. The number of hydrogen-bond donors (Lipinski definition) is 0. The van der Waals surface area contributed by atoms with Gasteiger partial charge in [-0.25, -0.2) is 19.6 Å². The molecule has 12 heterocycles. The molecule has 0 amide bonds. The lowest BCUT2D eigenvalue weighted by Crippen LogP contribution is -2.77. The average molecular weight is 597 g/mol. The predicted molar refractivity (Wildman–Crippen MR) is 169 cm³/mol. The lowest BCUT2D eigenvalue weighted by atomic mass is 10.0. The SMILES string of the molecule is c1cc2ccc1C[N+]13CCN4CC[N+]5(CCN(CC1)C5C43)Cc1ccc(cc1)C[N+]13CCN4CC[N+]5(CCN(CC1)C5C43)C2. The van der Waals surface area contributed by atoms with Crippen LogP contribution < -0.4 is 0 Å². The van der Waals surface area contributed by atoms with Gasteiger partial charge in [-0.15, -0.1) is 0 Å². The molecular weight excluding hydrogens is 544 g/mol. The van der Waals surface area contributed by atoms with E-state index in [0.717, 1.165) is 0 Å². The van der Waals surface area contributed by atoms with Crippen LogP contribution in [-0.2, 0) is 26.2 Å². The van der Waals surface area contributed by atoms with Gasteiger partial charge < -0.3 is 0 Å². The topological polar surface area (TPSA) is 13.0 Å². The van der Waals surface area contributed by atoms with E-state index in [4.69, 9.17) is 0 Å². The highest BCUT2D eigenvalue weighted by molar-refractivity contribution is 5.23. The van der Waals surface area contributed by atoms with Gasteiger partial charge in [0.1, 0.15) is 26.2 Å². The second-order valence-corrected chi connectivity index (χ2v) is 16.7. The molecule has 2 aromatic carbocycles. The molecule has 12 bridgehead atoms. The summed E-state index contributed by atoms with van der Waals surface area (Å²) in [4.78, 5) is 11.7. The molecule has 12 aliphatic rings. The molecule has 8 heteroatoms. The van der Waals surface area contributed by atoms with Crippen molar-refractivity contribution in [3.05, 3.63) is 70.8 Å². The lowest BCUT2D eigenvalue weighted by molar-refractivity contribution is -1.04. The molecule has 0 N–H and O–H groups in total. The molecule has 14 rings (SSSR count). The lowest BCUT2D eigenvalue weighted by Gasteiger charge is -2.57. The monoisotopic (exact) mass is 596 g/mol. The molecule has 4 unspecified atom stereocenters. The minimum atomic E-state index is 0.657. The van der Waals surface area contributed by atoms with Gasteiger partial charge in [-0.05, 0) is 0 Å². The zero-order valence-corrected chi connectivity index (χ0v) is 26.6. The van der Waals surface area contributed by atoms with Crippen molar-refractivity contribution < 1.29 is 17.9 Å². The van der Waals surface area contributed by atoms with E-state index in [1.165, 1.54) is 149 Å². The summed E-state index contributed by atoms with van der Waals surface area (Å²) in [6.45, 7) is 25.8. The van der Waals surface area contributed by atoms with Crippen LogP contribution in [0.25, 0.3) is 0 Å². The van der Waals surface area contributed by atoms with Crippen molar-refractivity contribution in [3.63, 3.8) is 0 Å². The van der Waals surface area contributed by atoms with Gasteiger partial charge >= 0.3 is 0 Å². The molecule has 8 saturated heterocycles. The van der Waals surface area contributed by atoms with Crippen LogP contribution in [0.2, 0.25) is 0 Å². The van der Waals surface area contributed by atoms with E-state index in [0.29, 0.717) is 24.7 Å². The fraction of sp³-hybridized carbons (Fsp3) is 0.667. The number of benzene rings is 2. The Morgan fingerprint density at radius 2 is 0.500 bits per heavy atom. The summed E-state index contributed by atoms with van der Waals surface area (Å²) in [6.07, 6.45) is 2.63. The average Bonchev–Trinajstić information content (AvgIpc) is 3.79. The van der Waals surface area contributed by atoms with Crippen LogP contribution in [0.5, 0.6) is 0 Å². The molecule has 8 fully saturated rings. The highest BCUT2D eigenvalue weighted by atomic mass is 15.7. The van der Waals surface area contributed by atoms with Crippen LogP contribution in [0, 0.1) is 0 Å². The van der Waals surface area contributed by atoms with Crippen LogP contribution >= 0.6 is 0 Å². The van der Waals surface area contributed by atoms with Crippen LogP contribution in [-0.4, -0.2) is 167 Å². The van der Waals surface area contributed by atoms with E-state index in [9.17, 15) is 0 Å². The van der Waals surface area contributed by atoms with E-state index < -0.39 is 0 Å². The van der Waals surface area contributed by atoms with E-state index >= 15 is 0 Å². The van der Waals surface area contributed by atoms with E-state index in [1.54, 1.807) is 22.3 Å². The summed E-state index contributed by atoms with van der Waals surface area (Å²) >= 11 is 0. The number of piperazine rings is 4. The smallest absolute Gasteiger partial charge is 0.214 e.